The Kier molecular flexibility index (Phi) is 30.5. The average Bonchev–Trinajstić information content (AvgIpc) is 2.96. The van der Waals surface area contributed by atoms with Crippen LogP contribution in [0, 0.1) is 5.92 Å². The highest BCUT2D eigenvalue weighted by atomic mass is 16.6. The van der Waals surface area contributed by atoms with Crippen molar-refractivity contribution < 1.29 is 19.1 Å². The molecule has 2 atom stereocenters. The molecule has 0 aliphatic rings. The Balaban J connectivity index is 4.80. The molecule has 42 heavy (non-hydrogen) atoms. The van der Waals surface area contributed by atoms with Crippen molar-refractivity contribution in [3.8, 4) is 0 Å². The molecular weight excluding hydrogens is 522 g/mol. The third-order valence-corrected chi connectivity index (χ3v) is 8.47. The zero-order valence-electron chi connectivity index (χ0n) is 29.0. The lowest BCUT2D eigenvalue weighted by molar-refractivity contribution is -0.162. The van der Waals surface area contributed by atoms with Crippen molar-refractivity contribution in [1.82, 2.24) is 4.90 Å². The molecule has 0 aromatic carbocycles. The fourth-order valence-electron chi connectivity index (χ4n) is 5.66. The summed E-state index contributed by atoms with van der Waals surface area (Å²) < 4.78 is 11.8. The summed E-state index contributed by atoms with van der Waals surface area (Å²) in [4.78, 5) is 27.9. The summed E-state index contributed by atoms with van der Waals surface area (Å²) in [7, 11) is 4.04. The van der Waals surface area contributed by atoms with E-state index in [2.05, 4.69) is 25.7 Å². The molecule has 0 aromatic heterocycles. The molecule has 250 valence electrons. The molecular formula is C37H73NO4. The normalized spacial score (nSPS) is 12.9. The lowest BCUT2D eigenvalue weighted by Gasteiger charge is -2.21. The molecule has 0 aliphatic heterocycles. The van der Waals surface area contributed by atoms with Crippen molar-refractivity contribution in [3.63, 3.8) is 0 Å². The SMILES string of the molecule is CCCCCCCCCCCC(COC(=O)C(CCCCCCC)CCCCCCCCC)OC(=O)CCCN(C)C. The molecule has 2 unspecified atom stereocenters. The first kappa shape index (κ1) is 40.9. The minimum Gasteiger partial charge on any atom is -0.462 e. The number of carbonyl (C=O) groups is 2. The van der Waals surface area contributed by atoms with E-state index in [0.29, 0.717) is 6.42 Å². The quantitative estimate of drug-likeness (QED) is 0.0572. The summed E-state index contributed by atoms with van der Waals surface area (Å²) in [6.07, 6.45) is 29.7. The number of esters is 2. The van der Waals surface area contributed by atoms with Crippen LogP contribution in [0.3, 0.4) is 0 Å². The minimum absolute atomic E-state index is 0.0218. The second-order valence-corrected chi connectivity index (χ2v) is 13.1. The number of hydrogen-bond donors (Lipinski definition) is 0. The summed E-state index contributed by atoms with van der Waals surface area (Å²) in [5, 5.41) is 0. The monoisotopic (exact) mass is 596 g/mol. The highest BCUT2D eigenvalue weighted by Gasteiger charge is 2.22. The van der Waals surface area contributed by atoms with Gasteiger partial charge in [-0.2, -0.15) is 0 Å². The Labute approximate surface area is 262 Å². The molecule has 0 saturated heterocycles. The molecule has 0 bridgehead atoms. The van der Waals surface area contributed by atoms with Crippen LogP contribution in [0.2, 0.25) is 0 Å². The van der Waals surface area contributed by atoms with E-state index in [9.17, 15) is 9.59 Å². The van der Waals surface area contributed by atoms with Crippen molar-refractivity contribution >= 4 is 11.9 Å². The van der Waals surface area contributed by atoms with E-state index in [-0.39, 0.29) is 30.6 Å². The van der Waals surface area contributed by atoms with Crippen molar-refractivity contribution in [2.75, 3.05) is 27.2 Å². The molecule has 0 heterocycles. The summed E-state index contributed by atoms with van der Waals surface area (Å²) in [6.45, 7) is 7.82. The van der Waals surface area contributed by atoms with Gasteiger partial charge in [0.1, 0.15) is 12.7 Å². The van der Waals surface area contributed by atoms with Crippen LogP contribution in [-0.4, -0.2) is 50.2 Å². The number of unbranched alkanes of at least 4 members (excludes halogenated alkanes) is 18. The van der Waals surface area contributed by atoms with Gasteiger partial charge in [-0.1, -0.05) is 149 Å². The average molecular weight is 596 g/mol. The number of rotatable bonds is 32. The van der Waals surface area contributed by atoms with Crippen molar-refractivity contribution in [1.29, 1.82) is 0 Å². The highest BCUT2D eigenvalue weighted by molar-refractivity contribution is 5.72. The molecule has 5 heteroatoms. The molecule has 0 spiro atoms. The van der Waals surface area contributed by atoms with E-state index in [1.54, 1.807) is 0 Å². The van der Waals surface area contributed by atoms with Gasteiger partial charge in [0.25, 0.3) is 0 Å². The molecule has 0 saturated carbocycles. The number of nitrogens with zero attached hydrogens (tertiary/aromatic N) is 1. The van der Waals surface area contributed by atoms with Crippen LogP contribution < -0.4 is 0 Å². The lowest BCUT2D eigenvalue weighted by Crippen LogP contribution is -2.28. The Morgan fingerprint density at radius 3 is 1.38 bits per heavy atom. The van der Waals surface area contributed by atoms with E-state index in [1.165, 1.54) is 109 Å². The van der Waals surface area contributed by atoms with Crippen molar-refractivity contribution in [2.24, 2.45) is 5.92 Å². The van der Waals surface area contributed by atoms with E-state index >= 15 is 0 Å². The third-order valence-electron chi connectivity index (χ3n) is 8.47. The summed E-state index contributed by atoms with van der Waals surface area (Å²) in [5.41, 5.74) is 0. The molecule has 0 radical (unpaired) electrons. The van der Waals surface area contributed by atoms with Gasteiger partial charge in [0.05, 0.1) is 5.92 Å². The largest absolute Gasteiger partial charge is 0.462 e. The van der Waals surface area contributed by atoms with Crippen LogP contribution >= 0.6 is 0 Å². The van der Waals surface area contributed by atoms with Crippen molar-refractivity contribution in [2.45, 2.75) is 194 Å². The van der Waals surface area contributed by atoms with Gasteiger partial charge in [-0.05, 0) is 52.7 Å². The maximum absolute atomic E-state index is 13.3. The zero-order chi connectivity index (χ0) is 31.1. The predicted octanol–water partition coefficient (Wildman–Crippen LogP) is 10.8. The molecule has 0 aromatic rings. The van der Waals surface area contributed by atoms with E-state index < -0.39 is 0 Å². The van der Waals surface area contributed by atoms with Crippen LogP contribution in [0.25, 0.3) is 0 Å². The fraction of sp³-hybridized carbons (Fsp3) is 0.946. The van der Waals surface area contributed by atoms with Gasteiger partial charge < -0.3 is 14.4 Å². The fourth-order valence-corrected chi connectivity index (χ4v) is 5.66. The van der Waals surface area contributed by atoms with E-state index in [4.69, 9.17) is 9.47 Å². The second kappa shape index (κ2) is 31.3. The van der Waals surface area contributed by atoms with Gasteiger partial charge in [0.15, 0.2) is 0 Å². The van der Waals surface area contributed by atoms with Crippen LogP contribution in [0.1, 0.15) is 188 Å². The smallest absolute Gasteiger partial charge is 0.309 e. The van der Waals surface area contributed by atoms with E-state index in [1.807, 2.05) is 14.1 Å². The molecule has 5 nitrogen and oxygen atoms in total. The van der Waals surface area contributed by atoms with Gasteiger partial charge >= 0.3 is 11.9 Å². The summed E-state index contributed by atoms with van der Waals surface area (Å²) >= 11 is 0. The first-order chi connectivity index (χ1) is 20.4. The Hall–Kier alpha value is -1.10. The second-order valence-electron chi connectivity index (χ2n) is 13.1. The first-order valence-corrected chi connectivity index (χ1v) is 18.4. The topological polar surface area (TPSA) is 55.8 Å². The van der Waals surface area contributed by atoms with Gasteiger partial charge in [0.2, 0.25) is 0 Å². The van der Waals surface area contributed by atoms with Crippen LogP contribution in [0.4, 0.5) is 0 Å². The van der Waals surface area contributed by atoms with Gasteiger partial charge in [-0.3, -0.25) is 9.59 Å². The molecule has 0 amide bonds. The lowest BCUT2D eigenvalue weighted by atomic mass is 9.94. The molecule has 0 aliphatic carbocycles. The summed E-state index contributed by atoms with van der Waals surface area (Å²) in [6, 6.07) is 0. The van der Waals surface area contributed by atoms with Crippen LogP contribution in [-0.2, 0) is 19.1 Å². The van der Waals surface area contributed by atoms with Crippen LogP contribution in [0.15, 0.2) is 0 Å². The first-order valence-electron chi connectivity index (χ1n) is 18.4. The zero-order valence-corrected chi connectivity index (χ0v) is 29.0. The van der Waals surface area contributed by atoms with Crippen LogP contribution in [0.5, 0.6) is 0 Å². The minimum atomic E-state index is -0.325. The maximum atomic E-state index is 13.3. The predicted molar refractivity (Wildman–Crippen MR) is 180 cm³/mol. The third kappa shape index (κ3) is 27.7. The Morgan fingerprint density at radius 1 is 0.548 bits per heavy atom. The van der Waals surface area contributed by atoms with Gasteiger partial charge in [0, 0.05) is 6.42 Å². The van der Waals surface area contributed by atoms with E-state index in [0.717, 1.165) is 57.9 Å². The molecule has 0 N–H and O–H groups in total. The molecule has 0 fully saturated rings. The maximum Gasteiger partial charge on any atom is 0.309 e. The molecule has 0 rings (SSSR count). The number of ether oxygens (including phenoxy) is 2. The Bertz CT molecular complexity index is 594. The standard InChI is InChI=1S/C37H73NO4/c1-6-9-12-15-17-18-20-23-26-30-35(42-36(39)31-27-32-38(4)5)33-41-37(40)34(28-24-21-14-11-8-3)29-25-22-19-16-13-10-7-2/h34-35H,6-33H2,1-5H3. The number of hydrogen-bond acceptors (Lipinski definition) is 5. The Morgan fingerprint density at radius 2 is 0.952 bits per heavy atom. The van der Waals surface area contributed by atoms with Gasteiger partial charge in [-0.15, -0.1) is 0 Å². The van der Waals surface area contributed by atoms with Gasteiger partial charge in [-0.25, -0.2) is 0 Å². The van der Waals surface area contributed by atoms with Crippen molar-refractivity contribution in [3.05, 3.63) is 0 Å². The summed E-state index contributed by atoms with van der Waals surface area (Å²) in [5.74, 6) is -0.256. The highest BCUT2D eigenvalue weighted by Crippen LogP contribution is 2.22. The number of carbonyl (C=O) groups excluding carboxylic acids is 2.